The van der Waals surface area contributed by atoms with Crippen LogP contribution in [-0.2, 0) is 24.3 Å². The maximum Gasteiger partial charge on any atom is 0.544 e. The molecule has 6 nitrogen and oxygen atoms in total. The molecule has 0 aliphatic rings. The van der Waals surface area contributed by atoms with E-state index < -0.39 is 18.0 Å². The lowest BCUT2D eigenvalue weighted by Crippen LogP contribution is -2.23. The standard InChI is InChI=1S/C11H20O6/c1-8(2)7-13-9(3)14-10(12)15-17-16-11(4,5)6/h9H,1,7H2,2-6H3. The van der Waals surface area contributed by atoms with Crippen LogP contribution in [0.1, 0.15) is 34.6 Å². The molecule has 0 aromatic heterocycles. The van der Waals surface area contributed by atoms with Crippen LogP contribution in [0.5, 0.6) is 0 Å². The summed E-state index contributed by atoms with van der Waals surface area (Å²) in [5, 5.41) is 4.24. The molecule has 0 radical (unpaired) electrons. The van der Waals surface area contributed by atoms with Crippen molar-refractivity contribution in [3.63, 3.8) is 0 Å². The molecular formula is C11H20O6. The molecule has 1 unspecified atom stereocenters. The molecule has 0 aliphatic carbocycles. The topological polar surface area (TPSA) is 63.2 Å². The SMILES string of the molecule is C=C(C)COC(C)OC(=O)OOOC(C)(C)C. The number of ether oxygens (including phenoxy) is 2. The van der Waals surface area contributed by atoms with Gasteiger partial charge in [-0.3, -0.25) is 0 Å². The lowest BCUT2D eigenvalue weighted by Gasteiger charge is -2.16. The molecule has 0 fully saturated rings. The van der Waals surface area contributed by atoms with Crippen LogP contribution in [0.25, 0.3) is 0 Å². The van der Waals surface area contributed by atoms with Gasteiger partial charge in [0.2, 0.25) is 6.29 Å². The van der Waals surface area contributed by atoms with Crippen LogP contribution in [0.15, 0.2) is 12.2 Å². The van der Waals surface area contributed by atoms with E-state index in [1.807, 2.05) is 0 Å². The van der Waals surface area contributed by atoms with E-state index in [0.29, 0.717) is 6.61 Å². The maximum atomic E-state index is 11.0. The second-order valence-electron chi connectivity index (χ2n) is 4.55. The smallest absolute Gasteiger partial charge is 0.403 e. The van der Waals surface area contributed by atoms with Crippen LogP contribution in [0, 0.1) is 0 Å². The average Bonchev–Trinajstić information content (AvgIpc) is 2.12. The number of hydrogen-bond donors (Lipinski definition) is 0. The third-order valence-corrected chi connectivity index (χ3v) is 1.21. The Balaban J connectivity index is 3.68. The predicted molar refractivity (Wildman–Crippen MR) is 59.7 cm³/mol. The molecule has 6 heteroatoms. The molecule has 0 saturated carbocycles. The highest BCUT2D eigenvalue weighted by molar-refractivity contribution is 5.59. The van der Waals surface area contributed by atoms with E-state index in [9.17, 15) is 4.79 Å². The maximum absolute atomic E-state index is 11.0. The van der Waals surface area contributed by atoms with Gasteiger partial charge in [0.1, 0.15) is 0 Å². The van der Waals surface area contributed by atoms with E-state index >= 15 is 0 Å². The van der Waals surface area contributed by atoms with Gasteiger partial charge >= 0.3 is 6.16 Å². The van der Waals surface area contributed by atoms with Gasteiger partial charge in [0.05, 0.1) is 12.2 Å². The largest absolute Gasteiger partial charge is 0.544 e. The van der Waals surface area contributed by atoms with E-state index in [0.717, 1.165) is 5.57 Å². The minimum atomic E-state index is -1.04. The molecule has 0 aromatic rings. The first-order valence-electron chi connectivity index (χ1n) is 5.19. The van der Waals surface area contributed by atoms with Gasteiger partial charge in [-0.2, -0.15) is 4.89 Å². The van der Waals surface area contributed by atoms with Crippen molar-refractivity contribution in [3.8, 4) is 0 Å². The molecule has 0 spiro atoms. The van der Waals surface area contributed by atoms with Gasteiger partial charge in [0.15, 0.2) is 0 Å². The average molecular weight is 248 g/mol. The van der Waals surface area contributed by atoms with Crippen molar-refractivity contribution in [2.75, 3.05) is 6.61 Å². The fourth-order valence-corrected chi connectivity index (χ4v) is 0.596. The number of carbonyl (C=O) groups excluding carboxylic acids is 1. The summed E-state index contributed by atoms with van der Waals surface area (Å²) in [6, 6.07) is 0. The van der Waals surface area contributed by atoms with E-state index in [1.165, 1.54) is 0 Å². The van der Waals surface area contributed by atoms with Gasteiger partial charge in [-0.05, 0) is 39.7 Å². The van der Waals surface area contributed by atoms with Crippen molar-refractivity contribution < 1.29 is 29.1 Å². The van der Waals surface area contributed by atoms with Crippen molar-refractivity contribution in [1.82, 2.24) is 0 Å². The molecule has 0 N–H and O–H groups in total. The molecule has 1 atom stereocenters. The first-order valence-corrected chi connectivity index (χ1v) is 5.19. The quantitative estimate of drug-likeness (QED) is 0.237. The number of carbonyl (C=O) groups is 1. The van der Waals surface area contributed by atoms with Crippen LogP contribution in [-0.4, -0.2) is 24.7 Å². The van der Waals surface area contributed by atoms with Gasteiger partial charge in [-0.15, -0.1) is 0 Å². The predicted octanol–water partition coefficient (Wildman–Crippen LogP) is 2.74. The fourth-order valence-electron chi connectivity index (χ4n) is 0.596. The summed E-state index contributed by atoms with van der Waals surface area (Å²) in [6.45, 7) is 12.5. The molecule has 0 heterocycles. The normalized spacial score (nSPS) is 13.0. The molecule has 0 rings (SSSR count). The highest BCUT2D eigenvalue weighted by Gasteiger charge is 2.16. The third kappa shape index (κ3) is 11.2. The summed E-state index contributed by atoms with van der Waals surface area (Å²) < 4.78 is 9.79. The molecule has 100 valence electrons. The molecule has 17 heavy (non-hydrogen) atoms. The second-order valence-corrected chi connectivity index (χ2v) is 4.55. The summed E-state index contributed by atoms with van der Waals surface area (Å²) in [5.41, 5.74) is 0.239. The van der Waals surface area contributed by atoms with Crippen molar-refractivity contribution in [2.24, 2.45) is 0 Å². The molecule has 0 bridgehead atoms. The highest BCUT2D eigenvalue weighted by atomic mass is 17.5. The summed E-state index contributed by atoms with van der Waals surface area (Å²) in [4.78, 5) is 19.9. The third-order valence-electron chi connectivity index (χ3n) is 1.21. The van der Waals surface area contributed by atoms with E-state index in [-0.39, 0.29) is 0 Å². The Kier molecular flexibility index (Phi) is 6.79. The Morgan fingerprint density at radius 3 is 2.41 bits per heavy atom. The van der Waals surface area contributed by atoms with E-state index in [2.05, 4.69) is 21.2 Å². The molecule has 0 saturated heterocycles. The Morgan fingerprint density at radius 2 is 1.94 bits per heavy atom. The Labute approximate surface area is 101 Å². The van der Waals surface area contributed by atoms with E-state index in [1.54, 1.807) is 34.6 Å². The number of hydrogen-bond acceptors (Lipinski definition) is 6. The van der Waals surface area contributed by atoms with Gasteiger partial charge < -0.3 is 9.47 Å². The second kappa shape index (κ2) is 7.26. The van der Waals surface area contributed by atoms with Crippen LogP contribution < -0.4 is 0 Å². The van der Waals surface area contributed by atoms with Crippen LogP contribution >= 0.6 is 0 Å². The summed E-state index contributed by atoms with van der Waals surface area (Å²) in [6.07, 6.45) is -1.79. The van der Waals surface area contributed by atoms with Gasteiger partial charge in [0, 0.05) is 0 Å². The van der Waals surface area contributed by atoms with Crippen molar-refractivity contribution in [3.05, 3.63) is 12.2 Å². The van der Waals surface area contributed by atoms with Crippen molar-refractivity contribution in [2.45, 2.75) is 46.5 Å². The zero-order chi connectivity index (χ0) is 13.5. The Hall–Kier alpha value is -1.11. The van der Waals surface area contributed by atoms with Crippen molar-refractivity contribution >= 4 is 6.16 Å². The lowest BCUT2D eigenvalue weighted by molar-refractivity contribution is -0.515. The summed E-state index contributed by atoms with van der Waals surface area (Å²) >= 11 is 0. The Bertz CT molecular complexity index is 255. The van der Waals surface area contributed by atoms with Crippen LogP contribution in [0.3, 0.4) is 0 Å². The van der Waals surface area contributed by atoms with E-state index in [4.69, 9.17) is 9.62 Å². The Morgan fingerprint density at radius 1 is 1.35 bits per heavy atom. The summed E-state index contributed by atoms with van der Waals surface area (Å²) in [7, 11) is 0. The monoisotopic (exact) mass is 248 g/mol. The fraction of sp³-hybridized carbons (Fsp3) is 0.727. The molecule has 0 amide bonds. The van der Waals surface area contributed by atoms with Gasteiger partial charge in [0.25, 0.3) is 0 Å². The zero-order valence-electron chi connectivity index (χ0n) is 10.9. The lowest BCUT2D eigenvalue weighted by atomic mass is 10.2. The number of rotatable bonds is 6. The minimum absolute atomic E-state index is 0.299. The molecular weight excluding hydrogens is 228 g/mol. The first kappa shape index (κ1) is 15.9. The minimum Gasteiger partial charge on any atom is -0.403 e. The highest BCUT2D eigenvalue weighted by Crippen LogP contribution is 2.08. The van der Waals surface area contributed by atoms with Crippen LogP contribution in [0.2, 0.25) is 0 Å². The van der Waals surface area contributed by atoms with Gasteiger partial charge in [-0.1, -0.05) is 12.2 Å². The van der Waals surface area contributed by atoms with Gasteiger partial charge in [-0.25, -0.2) is 9.68 Å². The molecule has 0 aliphatic heterocycles. The van der Waals surface area contributed by atoms with Crippen LogP contribution in [0.4, 0.5) is 4.79 Å². The molecule has 0 aromatic carbocycles. The summed E-state index contributed by atoms with van der Waals surface area (Å²) in [5.74, 6) is 0. The first-order chi connectivity index (χ1) is 7.70. The van der Waals surface area contributed by atoms with Crippen molar-refractivity contribution in [1.29, 1.82) is 0 Å². The zero-order valence-corrected chi connectivity index (χ0v) is 10.9.